The van der Waals surface area contributed by atoms with Crippen LogP contribution in [0.5, 0.6) is 5.75 Å². The number of urea groups is 1. The van der Waals surface area contributed by atoms with Gasteiger partial charge in [-0.05, 0) is 12.1 Å². The van der Waals surface area contributed by atoms with Gasteiger partial charge in [0, 0.05) is 25.3 Å². The molecule has 1 saturated heterocycles. The minimum Gasteiger partial charge on any atom is -0.488 e. The Morgan fingerprint density at radius 2 is 2.10 bits per heavy atom. The van der Waals surface area contributed by atoms with Gasteiger partial charge in [-0.2, -0.15) is 13.2 Å². The number of rotatable bonds is 5. The number of anilines is 1. The van der Waals surface area contributed by atoms with Crippen molar-refractivity contribution in [2.75, 3.05) is 18.4 Å². The first-order chi connectivity index (χ1) is 13.7. The Balaban J connectivity index is 1.55. The molecule has 1 N–H and O–H groups in total. The van der Waals surface area contributed by atoms with Crippen molar-refractivity contribution in [2.45, 2.75) is 32.2 Å². The maximum absolute atomic E-state index is 13.1. The minimum absolute atomic E-state index is 0.0138. The number of para-hydroxylation sites is 1. The number of esters is 1. The summed E-state index contributed by atoms with van der Waals surface area (Å²) < 4.78 is 49.6. The van der Waals surface area contributed by atoms with E-state index in [0.29, 0.717) is 23.8 Å². The number of hydrogen-bond donors (Lipinski definition) is 1. The normalized spacial score (nSPS) is 16.6. The van der Waals surface area contributed by atoms with Crippen molar-refractivity contribution in [1.29, 1.82) is 0 Å². The summed E-state index contributed by atoms with van der Waals surface area (Å²) in [4.78, 5) is 28.8. The number of aromatic nitrogens is 1. The largest absolute Gasteiger partial charge is 0.488 e. The van der Waals surface area contributed by atoms with Gasteiger partial charge in [0.25, 0.3) is 0 Å². The Hall–Kier alpha value is -2.82. The van der Waals surface area contributed by atoms with Gasteiger partial charge in [-0.25, -0.2) is 9.78 Å². The van der Waals surface area contributed by atoms with Gasteiger partial charge in [0.2, 0.25) is 0 Å². The summed E-state index contributed by atoms with van der Waals surface area (Å²) in [5, 5.41) is 4.62. The lowest BCUT2D eigenvalue weighted by molar-refractivity contribution is -0.142. The summed E-state index contributed by atoms with van der Waals surface area (Å²) in [5.74, 6) is -0.680. The highest BCUT2D eigenvalue weighted by Gasteiger charge is 2.36. The summed E-state index contributed by atoms with van der Waals surface area (Å²) >= 11 is 1.18. The van der Waals surface area contributed by atoms with E-state index in [1.807, 2.05) is 0 Å². The maximum Gasteiger partial charge on any atom is 0.419 e. The SMILES string of the molecule is CC(=O)OCc1csc(NC(=O)N2CC[C@H](Oc3ccccc3C(F)(F)F)C2)n1. The average Bonchev–Trinajstić information content (AvgIpc) is 3.29. The molecule has 7 nitrogen and oxygen atoms in total. The molecular formula is C18H18F3N3O4S. The van der Waals surface area contributed by atoms with E-state index >= 15 is 0 Å². The van der Waals surface area contributed by atoms with Gasteiger partial charge in [-0.3, -0.25) is 10.1 Å². The maximum atomic E-state index is 13.1. The summed E-state index contributed by atoms with van der Waals surface area (Å²) in [6, 6.07) is 4.58. The van der Waals surface area contributed by atoms with Gasteiger partial charge >= 0.3 is 18.2 Å². The molecule has 0 spiro atoms. The van der Waals surface area contributed by atoms with Gasteiger partial charge in [0.1, 0.15) is 18.5 Å². The Labute approximate surface area is 168 Å². The second-order valence-corrected chi connectivity index (χ2v) is 7.18. The van der Waals surface area contributed by atoms with Crippen LogP contribution < -0.4 is 10.1 Å². The molecule has 11 heteroatoms. The Kier molecular flexibility index (Phi) is 6.26. The van der Waals surface area contributed by atoms with Crippen LogP contribution in [0.25, 0.3) is 0 Å². The third kappa shape index (κ3) is 5.59. The summed E-state index contributed by atoms with van der Waals surface area (Å²) in [6.07, 6.45) is -4.64. The fraction of sp³-hybridized carbons (Fsp3) is 0.389. The molecule has 2 heterocycles. The Morgan fingerprint density at radius 1 is 1.34 bits per heavy atom. The van der Waals surface area contributed by atoms with E-state index in [2.05, 4.69) is 10.3 Å². The second-order valence-electron chi connectivity index (χ2n) is 6.32. The highest BCUT2D eigenvalue weighted by molar-refractivity contribution is 7.13. The molecule has 0 aliphatic carbocycles. The lowest BCUT2D eigenvalue weighted by atomic mass is 10.2. The number of carbonyl (C=O) groups excluding carboxylic acids is 2. The van der Waals surface area contributed by atoms with Crippen LogP contribution in [0.2, 0.25) is 0 Å². The number of carbonyl (C=O) groups is 2. The molecule has 1 fully saturated rings. The van der Waals surface area contributed by atoms with Crippen molar-refractivity contribution in [1.82, 2.24) is 9.88 Å². The van der Waals surface area contributed by atoms with Crippen molar-refractivity contribution < 1.29 is 32.2 Å². The van der Waals surface area contributed by atoms with Gasteiger partial charge in [-0.1, -0.05) is 12.1 Å². The Morgan fingerprint density at radius 3 is 2.83 bits per heavy atom. The highest BCUT2D eigenvalue weighted by Crippen LogP contribution is 2.36. The van der Waals surface area contributed by atoms with Crippen molar-refractivity contribution in [3.8, 4) is 5.75 Å². The first kappa shape index (κ1) is 20.9. The number of alkyl halides is 3. The molecule has 0 radical (unpaired) electrons. The van der Waals surface area contributed by atoms with Crippen LogP contribution in [0.15, 0.2) is 29.6 Å². The fourth-order valence-corrected chi connectivity index (χ4v) is 3.45. The van der Waals surface area contributed by atoms with E-state index in [1.165, 1.54) is 41.4 Å². The molecule has 1 aromatic carbocycles. The van der Waals surface area contributed by atoms with E-state index in [-0.39, 0.29) is 18.9 Å². The van der Waals surface area contributed by atoms with Gasteiger partial charge < -0.3 is 14.4 Å². The van der Waals surface area contributed by atoms with E-state index in [9.17, 15) is 22.8 Å². The number of benzene rings is 1. The molecule has 3 rings (SSSR count). The molecule has 1 aliphatic heterocycles. The van der Waals surface area contributed by atoms with Gasteiger partial charge in [0.05, 0.1) is 17.8 Å². The lowest BCUT2D eigenvalue weighted by Crippen LogP contribution is -2.34. The lowest BCUT2D eigenvalue weighted by Gasteiger charge is -2.19. The van der Waals surface area contributed by atoms with E-state index in [1.54, 1.807) is 5.38 Å². The van der Waals surface area contributed by atoms with Gasteiger partial charge in [0.15, 0.2) is 5.13 Å². The third-order valence-corrected chi connectivity index (χ3v) is 4.91. The van der Waals surface area contributed by atoms with Crippen LogP contribution in [0.4, 0.5) is 23.1 Å². The third-order valence-electron chi connectivity index (χ3n) is 4.11. The first-order valence-electron chi connectivity index (χ1n) is 8.69. The topological polar surface area (TPSA) is 80.8 Å². The number of hydrogen-bond acceptors (Lipinski definition) is 6. The first-order valence-corrected chi connectivity index (χ1v) is 9.57. The molecule has 1 aromatic heterocycles. The van der Waals surface area contributed by atoms with E-state index < -0.39 is 29.8 Å². The molecule has 2 amide bonds. The fourth-order valence-electron chi connectivity index (χ4n) is 2.77. The van der Waals surface area contributed by atoms with Crippen LogP contribution in [-0.2, 0) is 22.3 Å². The highest BCUT2D eigenvalue weighted by atomic mass is 32.1. The zero-order valence-electron chi connectivity index (χ0n) is 15.4. The van der Waals surface area contributed by atoms with Crippen LogP contribution in [-0.4, -0.2) is 41.1 Å². The average molecular weight is 429 g/mol. The molecule has 1 aliphatic rings. The van der Waals surface area contributed by atoms with E-state index in [4.69, 9.17) is 9.47 Å². The zero-order chi connectivity index (χ0) is 21.0. The zero-order valence-corrected chi connectivity index (χ0v) is 16.2. The molecule has 156 valence electrons. The quantitative estimate of drug-likeness (QED) is 0.729. The van der Waals surface area contributed by atoms with Crippen LogP contribution >= 0.6 is 11.3 Å². The second kappa shape index (κ2) is 8.68. The summed E-state index contributed by atoms with van der Waals surface area (Å²) in [5.41, 5.74) is -0.335. The number of thiazole rings is 1. The number of likely N-dealkylation sites (tertiary alicyclic amines) is 1. The number of nitrogens with zero attached hydrogens (tertiary/aromatic N) is 2. The van der Waals surface area contributed by atoms with E-state index in [0.717, 1.165) is 6.07 Å². The smallest absolute Gasteiger partial charge is 0.419 e. The summed E-state index contributed by atoms with van der Waals surface area (Å²) in [6.45, 7) is 1.80. The molecule has 29 heavy (non-hydrogen) atoms. The molecule has 0 bridgehead atoms. The number of nitrogens with one attached hydrogen (secondary N) is 1. The molecule has 0 saturated carbocycles. The van der Waals surface area contributed by atoms with Gasteiger partial charge in [-0.15, -0.1) is 11.3 Å². The van der Waals surface area contributed by atoms with Crippen molar-refractivity contribution in [2.24, 2.45) is 0 Å². The monoisotopic (exact) mass is 429 g/mol. The number of amides is 2. The predicted molar refractivity (Wildman–Crippen MR) is 98.7 cm³/mol. The molecule has 1 atom stereocenters. The number of halogens is 3. The van der Waals surface area contributed by atoms with Crippen LogP contribution in [0.3, 0.4) is 0 Å². The summed E-state index contributed by atoms with van der Waals surface area (Å²) in [7, 11) is 0. The molecule has 2 aromatic rings. The standard InChI is InChI=1S/C18H18F3N3O4S/c1-11(25)27-9-12-10-29-16(22-12)23-17(26)24-7-6-13(8-24)28-15-5-3-2-4-14(15)18(19,20)21/h2-5,10,13H,6-9H2,1H3,(H,22,23,26)/t13-/m0/s1. The predicted octanol–water partition coefficient (Wildman–Crippen LogP) is 3.91. The van der Waals surface area contributed by atoms with Crippen molar-refractivity contribution in [3.05, 3.63) is 40.9 Å². The van der Waals surface area contributed by atoms with Crippen molar-refractivity contribution in [3.63, 3.8) is 0 Å². The molecule has 0 unspecified atom stereocenters. The van der Waals surface area contributed by atoms with Crippen LogP contribution in [0.1, 0.15) is 24.6 Å². The van der Waals surface area contributed by atoms with Crippen LogP contribution in [0, 0.1) is 0 Å². The Bertz CT molecular complexity index is 887. The number of ether oxygens (including phenoxy) is 2. The molecular weight excluding hydrogens is 411 g/mol. The van der Waals surface area contributed by atoms with Crippen molar-refractivity contribution >= 4 is 28.5 Å². The minimum atomic E-state index is -4.51.